The third-order valence-corrected chi connectivity index (χ3v) is 4.30. The predicted octanol–water partition coefficient (Wildman–Crippen LogP) is 1.17. The van der Waals surface area contributed by atoms with Crippen LogP contribution in [0.25, 0.3) is 0 Å². The first kappa shape index (κ1) is 13.4. The summed E-state index contributed by atoms with van der Waals surface area (Å²) in [6.45, 7) is 0.764. The van der Waals surface area contributed by atoms with E-state index in [9.17, 15) is 13.2 Å². The molecule has 2 N–H and O–H groups in total. The Morgan fingerprint density at radius 3 is 2.90 bits per heavy atom. The quantitative estimate of drug-likeness (QED) is 0.882. The monoisotopic (exact) mass is 308 g/mol. The second-order valence-electron chi connectivity index (χ2n) is 4.36. The van der Waals surface area contributed by atoms with Crippen molar-refractivity contribution in [3.8, 4) is 0 Å². The number of aromatic nitrogens is 2. The molecule has 2 heterocycles. The first-order valence-corrected chi connectivity index (χ1v) is 7.60. The van der Waals surface area contributed by atoms with Gasteiger partial charge < -0.3 is 4.74 Å². The number of hydrogen-bond donors (Lipinski definition) is 2. The summed E-state index contributed by atoms with van der Waals surface area (Å²) >= 11 is 0. The van der Waals surface area contributed by atoms with Gasteiger partial charge in [-0.25, -0.2) is 13.2 Å². The van der Waals surface area contributed by atoms with E-state index in [1.165, 1.54) is 17.3 Å². The number of benzene rings is 1. The Bertz CT molecular complexity index is 757. The summed E-state index contributed by atoms with van der Waals surface area (Å²) in [5.41, 5.74) is 0.929. The molecule has 1 aliphatic rings. The Labute approximate surface area is 120 Å². The van der Waals surface area contributed by atoms with E-state index in [-0.39, 0.29) is 4.90 Å². The smallest absolute Gasteiger partial charge is 0.414 e. The van der Waals surface area contributed by atoms with Crippen LogP contribution in [0.15, 0.2) is 41.6 Å². The van der Waals surface area contributed by atoms with Gasteiger partial charge in [-0.15, -0.1) is 0 Å². The molecule has 9 heteroatoms. The summed E-state index contributed by atoms with van der Waals surface area (Å²) in [7, 11) is -3.70. The lowest BCUT2D eigenvalue weighted by atomic mass is 10.2. The van der Waals surface area contributed by atoms with Gasteiger partial charge in [0.15, 0.2) is 0 Å². The minimum Gasteiger partial charge on any atom is -0.447 e. The number of nitrogens with one attached hydrogen (secondary N) is 2. The number of carbonyl (C=O) groups excluding carboxylic acids is 1. The molecule has 0 bridgehead atoms. The van der Waals surface area contributed by atoms with Crippen molar-refractivity contribution in [1.29, 1.82) is 0 Å². The van der Waals surface area contributed by atoms with Crippen molar-refractivity contribution in [2.45, 2.75) is 4.90 Å². The highest BCUT2D eigenvalue weighted by Gasteiger charge is 2.24. The number of amides is 1. The Morgan fingerprint density at radius 1 is 1.38 bits per heavy atom. The highest BCUT2D eigenvalue weighted by molar-refractivity contribution is 7.92. The molecule has 110 valence electrons. The number of hydrogen-bond acceptors (Lipinski definition) is 5. The zero-order valence-corrected chi connectivity index (χ0v) is 11.6. The van der Waals surface area contributed by atoms with Crippen molar-refractivity contribution in [2.75, 3.05) is 22.8 Å². The summed E-state index contributed by atoms with van der Waals surface area (Å²) in [5.74, 6) is 0. The molecule has 1 aromatic heterocycles. The Kier molecular flexibility index (Phi) is 3.26. The van der Waals surface area contributed by atoms with E-state index in [4.69, 9.17) is 4.74 Å². The summed E-state index contributed by atoms with van der Waals surface area (Å²) in [4.78, 5) is 13.0. The predicted molar refractivity (Wildman–Crippen MR) is 74.5 cm³/mol. The maximum absolute atomic E-state index is 12.1. The van der Waals surface area contributed by atoms with Crippen LogP contribution in [0.2, 0.25) is 0 Å². The number of anilines is 2. The number of cyclic esters (lactones) is 1. The van der Waals surface area contributed by atoms with Crippen LogP contribution in [0, 0.1) is 0 Å². The molecule has 8 nitrogen and oxygen atoms in total. The van der Waals surface area contributed by atoms with Crippen molar-refractivity contribution in [3.05, 3.63) is 36.7 Å². The second-order valence-corrected chi connectivity index (χ2v) is 6.04. The number of rotatable bonds is 4. The average Bonchev–Trinajstić information content (AvgIpc) is 3.09. The molecule has 0 saturated carbocycles. The van der Waals surface area contributed by atoms with Gasteiger partial charge in [0, 0.05) is 11.9 Å². The van der Waals surface area contributed by atoms with Gasteiger partial charge in [0.1, 0.15) is 11.5 Å². The first-order valence-electron chi connectivity index (χ1n) is 6.12. The SMILES string of the molecule is O=C1OCCN1c1cccc(NS(=O)(=O)c2cn[nH]c2)c1. The van der Waals surface area contributed by atoms with Gasteiger partial charge in [-0.3, -0.25) is 14.7 Å². The lowest BCUT2D eigenvalue weighted by Crippen LogP contribution is -2.23. The van der Waals surface area contributed by atoms with E-state index in [0.717, 1.165) is 0 Å². The van der Waals surface area contributed by atoms with Crippen LogP contribution in [-0.2, 0) is 14.8 Å². The van der Waals surface area contributed by atoms with Gasteiger partial charge in [-0.1, -0.05) is 6.07 Å². The van der Waals surface area contributed by atoms with Crippen LogP contribution in [0.1, 0.15) is 0 Å². The van der Waals surface area contributed by atoms with Crippen molar-refractivity contribution in [3.63, 3.8) is 0 Å². The third-order valence-electron chi connectivity index (χ3n) is 2.95. The van der Waals surface area contributed by atoms with Crippen LogP contribution in [-0.4, -0.2) is 37.9 Å². The lowest BCUT2D eigenvalue weighted by Gasteiger charge is -2.14. The molecular weight excluding hydrogens is 296 g/mol. The Hall–Kier alpha value is -2.55. The van der Waals surface area contributed by atoms with Crippen LogP contribution in [0.5, 0.6) is 0 Å². The van der Waals surface area contributed by atoms with Crippen molar-refractivity contribution in [2.24, 2.45) is 0 Å². The molecule has 2 aromatic rings. The van der Waals surface area contributed by atoms with E-state index in [0.29, 0.717) is 24.5 Å². The number of carbonyl (C=O) groups is 1. The number of H-pyrrole nitrogens is 1. The fourth-order valence-electron chi connectivity index (χ4n) is 1.97. The molecule has 3 rings (SSSR count). The maximum Gasteiger partial charge on any atom is 0.414 e. The fourth-order valence-corrected chi connectivity index (χ4v) is 2.92. The third kappa shape index (κ3) is 2.68. The molecule has 0 aliphatic carbocycles. The Balaban J connectivity index is 1.85. The molecule has 1 saturated heterocycles. The largest absolute Gasteiger partial charge is 0.447 e. The number of nitrogens with zero attached hydrogens (tertiary/aromatic N) is 2. The summed E-state index contributed by atoms with van der Waals surface area (Å²) < 4.78 is 31.5. The highest BCUT2D eigenvalue weighted by Crippen LogP contribution is 2.24. The van der Waals surface area contributed by atoms with E-state index in [1.807, 2.05) is 0 Å². The molecule has 0 radical (unpaired) electrons. The molecule has 1 fully saturated rings. The topological polar surface area (TPSA) is 104 Å². The number of ether oxygens (including phenoxy) is 1. The first-order chi connectivity index (χ1) is 10.1. The van der Waals surface area contributed by atoms with E-state index < -0.39 is 16.1 Å². The molecule has 1 aromatic carbocycles. The Morgan fingerprint density at radius 2 is 2.24 bits per heavy atom. The van der Waals surface area contributed by atoms with Gasteiger partial charge in [0.05, 0.1) is 18.4 Å². The summed E-state index contributed by atoms with van der Waals surface area (Å²) in [5, 5.41) is 6.05. The lowest BCUT2D eigenvalue weighted by molar-refractivity contribution is 0.181. The van der Waals surface area contributed by atoms with Crippen LogP contribution >= 0.6 is 0 Å². The minimum atomic E-state index is -3.70. The standard InChI is InChI=1S/C12H12N4O4S/c17-12-16(4-5-20-12)10-3-1-2-9(6-10)15-21(18,19)11-7-13-14-8-11/h1-3,6-8,15H,4-5H2,(H,13,14). The zero-order chi connectivity index (χ0) is 14.9. The fraction of sp³-hybridized carbons (Fsp3) is 0.167. The van der Waals surface area contributed by atoms with Crippen molar-refractivity contribution >= 4 is 27.5 Å². The van der Waals surface area contributed by atoms with Crippen molar-refractivity contribution in [1.82, 2.24) is 10.2 Å². The van der Waals surface area contributed by atoms with Gasteiger partial charge in [-0.05, 0) is 18.2 Å². The van der Waals surface area contributed by atoms with Crippen LogP contribution in [0.4, 0.5) is 16.2 Å². The molecule has 0 atom stereocenters. The molecule has 0 spiro atoms. The average molecular weight is 308 g/mol. The van der Waals surface area contributed by atoms with Gasteiger partial charge in [-0.2, -0.15) is 5.10 Å². The summed E-state index contributed by atoms with van der Waals surface area (Å²) in [6, 6.07) is 6.54. The zero-order valence-electron chi connectivity index (χ0n) is 10.8. The van der Waals surface area contributed by atoms with E-state index in [1.54, 1.807) is 24.3 Å². The molecule has 0 unspecified atom stereocenters. The second kappa shape index (κ2) is 5.09. The highest BCUT2D eigenvalue weighted by atomic mass is 32.2. The normalized spacial score (nSPS) is 15.0. The number of aromatic amines is 1. The van der Waals surface area contributed by atoms with Crippen LogP contribution < -0.4 is 9.62 Å². The number of sulfonamides is 1. The van der Waals surface area contributed by atoms with Gasteiger partial charge in [0.25, 0.3) is 10.0 Å². The minimum absolute atomic E-state index is 0.0356. The summed E-state index contributed by atoms with van der Waals surface area (Å²) in [6.07, 6.45) is 2.05. The molecule has 1 aliphatic heterocycles. The van der Waals surface area contributed by atoms with Crippen LogP contribution in [0.3, 0.4) is 0 Å². The van der Waals surface area contributed by atoms with E-state index in [2.05, 4.69) is 14.9 Å². The molecule has 1 amide bonds. The maximum atomic E-state index is 12.1. The van der Waals surface area contributed by atoms with Crippen molar-refractivity contribution < 1.29 is 17.9 Å². The van der Waals surface area contributed by atoms with Gasteiger partial charge in [0.2, 0.25) is 0 Å². The molecular formula is C12H12N4O4S. The van der Waals surface area contributed by atoms with Gasteiger partial charge >= 0.3 is 6.09 Å². The van der Waals surface area contributed by atoms with E-state index >= 15 is 0 Å². The molecule has 21 heavy (non-hydrogen) atoms.